The number of hydrogen-bond acceptors (Lipinski definition) is 5. The van der Waals surface area contributed by atoms with Gasteiger partial charge in [0.05, 0.1) is 12.7 Å². The zero-order valence-corrected chi connectivity index (χ0v) is 12.1. The predicted octanol–water partition coefficient (Wildman–Crippen LogP) is 0.803. The molecule has 0 spiro atoms. The first-order valence-corrected chi connectivity index (χ1v) is 6.28. The van der Waals surface area contributed by atoms with Gasteiger partial charge in [0.2, 0.25) is 0 Å². The van der Waals surface area contributed by atoms with Crippen LogP contribution in [0.4, 0.5) is 0 Å². The van der Waals surface area contributed by atoms with Gasteiger partial charge in [0.25, 0.3) is 0 Å². The van der Waals surface area contributed by atoms with Crippen LogP contribution in [0.25, 0.3) is 0 Å². The molecule has 1 aromatic rings. The Morgan fingerprint density at radius 3 is 2.63 bits per heavy atom. The number of nitrogens with zero attached hydrogens (tertiary/aromatic N) is 1. The maximum Gasteiger partial charge on any atom is 0.160 e. The van der Waals surface area contributed by atoms with Crippen LogP contribution in [0.15, 0.2) is 18.2 Å². The van der Waals surface area contributed by atoms with Crippen LogP contribution >= 0.6 is 0 Å². The highest BCUT2D eigenvalue weighted by atomic mass is 16.5. The van der Waals surface area contributed by atoms with E-state index in [9.17, 15) is 10.2 Å². The van der Waals surface area contributed by atoms with Crippen LogP contribution in [0, 0.1) is 0 Å². The molecule has 1 unspecified atom stereocenters. The molecule has 5 nitrogen and oxygen atoms in total. The van der Waals surface area contributed by atoms with Crippen molar-refractivity contribution in [1.82, 2.24) is 10.2 Å². The molecule has 0 aliphatic rings. The van der Waals surface area contributed by atoms with Crippen LogP contribution in [0.3, 0.4) is 0 Å². The van der Waals surface area contributed by atoms with E-state index in [0.717, 1.165) is 5.56 Å². The highest BCUT2D eigenvalue weighted by molar-refractivity contribution is 5.41. The fourth-order valence-corrected chi connectivity index (χ4v) is 2.05. The second kappa shape index (κ2) is 6.75. The smallest absolute Gasteiger partial charge is 0.160 e. The molecule has 3 N–H and O–H groups in total. The molecule has 0 fully saturated rings. The van der Waals surface area contributed by atoms with Gasteiger partial charge < -0.3 is 25.2 Å². The molecule has 0 aliphatic carbocycles. The Morgan fingerprint density at radius 2 is 2.05 bits per heavy atom. The number of methoxy groups -OCH3 is 1. The van der Waals surface area contributed by atoms with Crippen molar-refractivity contribution in [3.63, 3.8) is 0 Å². The summed E-state index contributed by atoms with van der Waals surface area (Å²) in [6.45, 7) is 3.50. The second-order valence-electron chi connectivity index (χ2n) is 5.34. The van der Waals surface area contributed by atoms with Crippen molar-refractivity contribution >= 4 is 0 Å². The number of likely N-dealkylation sites (N-methyl/N-ethyl adjacent to an activating group) is 1. The summed E-state index contributed by atoms with van der Waals surface area (Å²) in [5.74, 6) is 0.588. The lowest BCUT2D eigenvalue weighted by atomic mass is 10.1. The monoisotopic (exact) mass is 268 g/mol. The molecule has 1 aromatic carbocycles. The number of rotatable bonds is 7. The van der Waals surface area contributed by atoms with Crippen LogP contribution in [0.1, 0.15) is 12.5 Å². The molecule has 19 heavy (non-hydrogen) atoms. The van der Waals surface area contributed by atoms with E-state index in [2.05, 4.69) is 5.32 Å². The van der Waals surface area contributed by atoms with Crippen molar-refractivity contribution in [2.45, 2.75) is 19.1 Å². The van der Waals surface area contributed by atoms with E-state index in [1.54, 1.807) is 19.1 Å². The van der Waals surface area contributed by atoms with Gasteiger partial charge in [0.1, 0.15) is 0 Å². The van der Waals surface area contributed by atoms with Crippen molar-refractivity contribution in [2.75, 3.05) is 34.3 Å². The van der Waals surface area contributed by atoms with E-state index in [0.29, 0.717) is 25.4 Å². The molecule has 0 heterocycles. The number of phenolic OH excluding ortho intramolecular Hbond substituents is 1. The molecular formula is C14H24N2O3. The zero-order valence-electron chi connectivity index (χ0n) is 12.1. The molecular weight excluding hydrogens is 244 g/mol. The van der Waals surface area contributed by atoms with Crippen LogP contribution in [0.5, 0.6) is 11.5 Å². The minimum atomic E-state index is -0.773. The Labute approximate surface area is 114 Å². The maximum absolute atomic E-state index is 10.1. The third-order valence-electron chi connectivity index (χ3n) is 2.74. The Hall–Kier alpha value is -1.30. The van der Waals surface area contributed by atoms with E-state index in [-0.39, 0.29) is 5.75 Å². The van der Waals surface area contributed by atoms with Gasteiger partial charge in [-0.2, -0.15) is 0 Å². The molecule has 0 radical (unpaired) electrons. The Kier molecular flexibility index (Phi) is 5.60. The predicted molar refractivity (Wildman–Crippen MR) is 75.5 cm³/mol. The molecule has 1 rings (SSSR count). The van der Waals surface area contributed by atoms with E-state index >= 15 is 0 Å². The van der Waals surface area contributed by atoms with Gasteiger partial charge in [-0.25, -0.2) is 0 Å². The third kappa shape index (κ3) is 5.46. The summed E-state index contributed by atoms with van der Waals surface area (Å²) in [5, 5.41) is 22.8. The quantitative estimate of drug-likeness (QED) is 0.683. The Bertz CT molecular complexity index is 406. The largest absolute Gasteiger partial charge is 0.504 e. The molecule has 0 saturated carbocycles. The minimum Gasteiger partial charge on any atom is -0.504 e. The first-order chi connectivity index (χ1) is 8.84. The lowest BCUT2D eigenvalue weighted by Crippen LogP contribution is -2.45. The fraction of sp³-hybridized carbons (Fsp3) is 0.571. The maximum atomic E-state index is 10.1. The number of ether oxygens (including phenoxy) is 1. The molecule has 0 amide bonds. The molecule has 108 valence electrons. The van der Waals surface area contributed by atoms with Crippen molar-refractivity contribution in [1.29, 1.82) is 0 Å². The SMILES string of the molecule is COc1cc(CNCC(C)(O)CN(C)C)ccc1O. The van der Waals surface area contributed by atoms with Crippen LogP contribution in [-0.2, 0) is 6.54 Å². The van der Waals surface area contributed by atoms with E-state index in [1.807, 2.05) is 25.1 Å². The zero-order chi connectivity index (χ0) is 14.5. The molecule has 5 heteroatoms. The van der Waals surface area contributed by atoms with Crippen molar-refractivity contribution < 1.29 is 14.9 Å². The Morgan fingerprint density at radius 1 is 1.37 bits per heavy atom. The van der Waals surface area contributed by atoms with Crippen molar-refractivity contribution in [3.8, 4) is 11.5 Å². The molecule has 0 saturated heterocycles. The van der Waals surface area contributed by atoms with E-state index < -0.39 is 5.60 Å². The third-order valence-corrected chi connectivity index (χ3v) is 2.74. The number of benzene rings is 1. The summed E-state index contributed by atoms with van der Waals surface area (Å²) >= 11 is 0. The minimum absolute atomic E-state index is 0.130. The number of nitrogens with one attached hydrogen (secondary N) is 1. The van der Waals surface area contributed by atoms with Crippen LogP contribution < -0.4 is 10.1 Å². The average Bonchev–Trinajstić information content (AvgIpc) is 2.29. The number of aliphatic hydroxyl groups is 1. The van der Waals surface area contributed by atoms with Crippen LogP contribution in [0.2, 0.25) is 0 Å². The summed E-state index contributed by atoms with van der Waals surface area (Å²) < 4.78 is 5.05. The van der Waals surface area contributed by atoms with Crippen LogP contribution in [-0.4, -0.2) is 55.0 Å². The first kappa shape index (κ1) is 15.8. The lowest BCUT2D eigenvalue weighted by molar-refractivity contribution is 0.0336. The van der Waals surface area contributed by atoms with E-state index in [4.69, 9.17) is 4.74 Å². The van der Waals surface area contributed by atoms with Gasteiger partial charge in [-0.05, 0) is 38.7 Å². The standard InChI is InChI=1S/C14H24N2O3/c1-14(18,10-16(2)3)9-15-8-11-5-6-12(17)13(7-11)19-4/h5-7,15,17-18H,8-10H2,1-4H3. The summed E-state index contributed by atoms with van der Waals surface area (Å²) in [4.78, 5) is 1.95. The fourth-order valence-electron chi connectivity index (χ4n) is 2.05. The van der Waals surface area contributed by atoms with Gasteiger partial charge in [-0.3, -0.25) is 0 Å². The Balaban J connectivity index is 2.49. The van der Waals surface area contributed by atoms with Crippen molar-refractivity contribution in [2.24, 2.45) is 0 Å². The topological polar surface area (TPSA) is 65.0 Å². The molecule has 0 aliphatic heterocycles. The molecule has 0 bridgehead atoms. The van der Waals surface area contributed by atoms with Gasteiger partial charge in [0.15, 0.2) is 11.5 Å². The summed E-state index contributed by atoms with van der Waals surface area (Å²) in [5.41, 5.74) is 0.222. The second-order valence-corrected chi connectivity index (χ2v) is 5.34. The van der Waals surface area contributed by atoms with Gasteiger partial charge in [-0.15, -0.1) is 0 Å². The normalized spacial score (nSPS) is 14.4. The summed E-state index contributed by atoms with van der Waals surface area (Å²) in [6.07, 6.45) is 0. The molecule has 0 aromatic heterocycles. The number of phenols is 1. The van der Waals surface area contributed by atoms with E-state index in [1.165, 1.54) is 7.11 Å². The highest BCUT2D eigenvalue weighted by Gasteiger charge is 2.20. The molecule has 1 atom stereocenters. The van der Waals surface area contributed by atoms with Gasteiger partial charge in [0, 0.05) is 19.6 Å². The summed E-state index contributed by atoms with van der Waals surface area (Å²) in [7, 11) is 5.38. The average molecular weight is 268 g/mol. The first-order valence-electron chi connectivity index (χ1n) is 6.28. The summed E-state index contributed by atoms with van der Waals surface area (Å²) in [6, 6.07) is 5.21. The van der Waals surface area contributed by atoms with Gasteiger partial charge >= 0.3 is 0 Å². The lowest BCUT2D eigenvalue weighted by Gasteiger charge is -2.27. The van der Waals surface area contributed by atoms with Crippen molar-refractivity contribution in [3.05, 3.63) is 23.8 Å². The highest BCUT2D eigenvalue weighted by Crippen LogP contribution is 2.26. The number of aromatic hydroxyl groups is 1. The number of hydrogen-bond donors (Lipinski definition) is 3. The van der Waals surface area contributed by atoms with Gasteiger partial charge in [-0.1, -0.05) is 6.07 Å².